The van der Waals surface area contributed by atoms with Gasteiger partial charge in [-0.15, -0.1) is 0 Å². The molecule has 2 aliphatic rings. The van der Waals surface area contributed by atoms with Gasteiger partial charge in [0.15, 0.2) is 0 Å². The zero-order chi connectivity index (χ0) is 26.0. The predicted octanol–water partition coefficient (Wildman–Crippen LogP) is 8.20. The lowest BCUT2D eigenvalue weighted by Gasteiger charge is -2.30. The monoisotopic (exact) mass is 498 g/mol. The van der Waals surface area contributed by atoms with Gasteiger partial charge in [0.25, 0.3) is 0 Å². The number of carboxylic acid groups (broad SMARTS) is 1. The van der Waals surface area contributed by atoms with Crippen LogP contribution in [-0.2, 0) is 11.4 Å². The molecular weight excluding hydrogens is 460 g/mol. The third-order valence-corrected chi connectivity index (χ3v) is 8.41. The van der Waals surface area contributed by atoms with Gasteiger partial charge in [-0.1, -0.05) is 62.7 Å². The van der Waals surface area contributed by atoms with Crippen molar-refractivity contribution in [2.75, 3.05) is 7.11 Å². The summed E-state index contributed by atoms with van der Waals surface area (Å²) in [4.78, 5) is 11.4. The summed E-state index contributed by atoms with van der Waals surface area (Å²) in [5.74, 6) is 1.98. The Hall–Kier alpha value is -3.27. The molecule has 3 aromatic carbocycles. The van der Waals surface area contributed by atoms with Gasteiger partial charge in [0, 0.05) is 0 Å². The van der Waals surface area contributed by atoms with E-state index in [9.17, 15) is 9.90 Å². The van der Waals surface area contributed by atoms with Crippen LogP contribution >= 0.6 is 0 Å². The van der Waals surface area contributed by atoms with Crippen molar-refractivity contribution in [1.29, 1.82) is 0 Å². The van der Waals surface area contributed by atoms with Crippen molar-refractivity contribution in [3.05, 3.63) is 83.4 Å². The molecule has 0 unspecified atom stereocenters. The smallest absolute Gasteiger partial charge is 0.303 e. The molecule has 37 heavy (non-hydrogen) atoms. The maximum atomic E-state index is 11.4. The van der Waals surface area contributed by atoms with Gasteiger partial charge in [-0.25, -0.2) is 0 Å². The standard InChI is InChI=1S/C33H38O4/c1-33(2)16-6-11-31(33)30-17-22(12-15-28(30)24-7-4-9-26(18-24)36-3)21-37-27-10-5-8-25(19-27)29(20-32(34)35)23-13-14-23/h4-5,7-10,12,15,17-19,23,29,31H,6,11,13-14,16,20-21H2,1-3H3,(H,34,35)/t29-,31+/m1/s1. The van der Waals surface area contributed by atoms with Gasteiger partial charge >= 0.3 is 5.97 Å². The number of rotatable bonds is 10. The Morgan fingerprint density at radius 2 is 1.78 bits per heavy atom. The van der Waals surface area contributed by atoms with Gasteiger partial charge in [-0.05, 0) is 101 Å². The number of hydrogen-bond donors (Lipinski definition) is 1. The number of ether oxygens (including phenoxy) is 2. The molecular formula is C33H38O4. The minimum absolute atomic E-state index is 0.0689. The summed E-state index contributed by atoms with van der Waals surface area (Å²) >= 11 is 0. The topological polar surface area (TPSA) is 55.8 Å². The Morgan fingerprint density at radius 1 is 1.00 bits per heavy atom. The normalized spacial score (nSPS) is 19.4. The quantitative estimate of drug-likeness (QED) is 0.306. The first-order chi connectivity index (χ1) is 17.8. The van der Waals surface area contributed by atoms with Crippen LogP contribution in [0.15, 0.2) is 66.7 Å². The SMILES string of the molecule is COc1cccc(-c2ccc(COc3cccc([C@H](CC(=O)O)C4CC4)c3)cc2[C@@H]2CCCC2(C)C)c1. The van der Waals surface area contributed by atoms with Crippen LogP contribution in [0.1, 0.15) is 80.9 Å². The molecule has 2 saturated carbocycles. The molecule has 2 fully saturated rings. The van der Waals surface area contributed by atoms with Gasteiger partial charge in [-0.2, -0.15) is 0 Å². The van der Waals surface area contributed by atoms with Crippen LogP contribution < -0.4 is 9.47 Å². The van der Waals surface area contributed by atoms with E-state index < -0.39 is 5.97 Å². The van der Waals surface area contributed by atoms with Crippen molar-refractivity contribution in [1.82, 2.24) is 0 Å². The van der Waals surface area contributed by atoms with Crippen molar-refractivity contribution in [3.8, 4) is 22.6 Å². The van der Waals surface area contributed by atoms with Gasteiger partial charge in [0.1, 0.15) is 18.1 Å². The Labute approximate surface area is 220 Å². The van der Waals surface area contributed by atoms with Crippen LogP contribution in [0, 0.1) is 11.3 Å². The summed E-state index contributed by atoms with van der Waals surface area (Å²) in [7, 11) is 1.71. The van der Waals surface area contributed by atoms with Crippen LogP contribution in [0.2, 0.25) is 0 Å². The number of benzene rings is 3. The summed E-state index contributed by atoms with van der Waals surface area (Å²) in [5, 5.41) is 9.39. The summed E-state index contributed by atoms with van der Waals surface area (Å²) in [5.41, 5.74) is 6.32. The van der Waals surface area contributed by atoms with Gasteiger partial charge in [-0.3, -0.25) is 4.79 Å². The summed E-state index contributed by atoms with van der Waals surface area (Å²) in [6.45, 7) is 5.26. The molecule has 0 aliphatic heterocycles. The molecule has 0 aromatic heterocycles. The van der Waals surface area contributed by atoms with Crippen LogP contribution in [0.3, 0.4) is 0 Å². The Morgan fingerprint density at radius 3 is 2.49 bits per heavy atom. The highest BCUT2D eigenvalue weighted by Gasteiger charge is 2.37. The lowest BCUT2D eigenvalue weighted by atomic mass is 9.75. The summed E-state index contributed by atoms with van der Waals surface area (Å²) in [6.07, 6.45) is 6.09. The maximum Gasteiger partial charge on any atom is 0.303 e. The minimum Gasteiger partial charge on any atom is -0.497 e. The van der Waals surface area contributed by atoms with Crippen molar-refractivity contribution in [3.63, 3.8) is 0 Å². The van der Waals surface area contributed by atoms with E-state index in [4.69, 9.17) is 9.47 Å². The highest BCUT2D eigenvalue weighted by atomic mass is 16.5. The predicted molar refractivity (Wildman–Crippen MR) is 147 cm³/mol. The highest BCUT2D eigenvalue weighted by molar-refractivity contribution is 5.70. The van der Waals surface area contributed by atoms with E-state index in [0.717, 1.165) is 35.5 Å². The van der Waals surface area contributed by atoms with Gasteiger partial charge in [0.2, 0.25) is 0 Å². The second-order valence-electron chi connectivity index (χ2n) is 11.5. The molecule has 0 radical (unpaired) electrons. The van der Waals surface area contributed by atoms with Crippen molar-refractivity contribution in [2.45, 2.75) is 70.8 Å². The van der Waals surface area contributed by atoms with Crippen LogP contribution in [0.4, 0.5) is 0 Å². The van der Waals surface area contributed by atoms with Crippen molar-refractivity contribution >= 4 is 5.97 Å². The molecule has 0 spiro atoms. The fourth-order valence-corrected chi connectivity index (χ4v) is 6.19. The Bertz CT molecular complexity index is 1260. The van der Waals surface area contributed by atoms with E-state index in [1.807, 2.05) is 30.3 Å². The Kier molecular flexibility index (Phi) is 7.28. The van der Waals surface area contributed by atoms with E-state index in [-0.39, 0.29) is 17.8 Å². The lowest BCUT2D eigenvalue weighted by molar-refractivity contribution is -0.137. The Balaban J connectivity index is 1.40. The van der Waals surface area contributed by atoms with Crippen LogP contribution in [0.25, 0.3) is 11.1 Å². The average Bonchev–Trinajstić information content (AvgIpc) is 3.68. The first-order valence-electron chi connectivity index (χ1n) is 13.6. The number of hydrogen-bond acceptors (Lipinski definition) is 3. The first kappa shape index (κ1) is 25.4. The van der Waals surface area contributed by atoms with Crippen LogP contribution in [-0.4, -0.2) is 18.2 Å². The maximum absolute atomic E-state index is 11.4. The second-order valence-corrected chi connectivity index (χ2v) is 11.5. The van der Waals surface area contributed by atoms with Crippen molar-refractivity contribution in [2.24, 2.45) is 11.3 Å². The third-order valence-electron chi connectivity index (χ3n) is 8.41. The zero-order valence-corrected chi connectivity index (χ0v) is 22.2. The largest absolute Gasteiger partial charge is 0.497 e. The molecule has 0 saturated heterocycles. The molecule has 3 aromatic rings. The first-order valence-corrected chi connectivity index (χ1v) is 13.6. The highest BCUT2D eigenvalue weighted by Crippen LogP contribution is 2.51. The second kappa shape index (κ2) is 10.6. The molecule has 4 heteroatoms. The summed E-state index contributed by atoms with van der Waals surface area (Å²) < 4.78 is 11.8. The third kappa shape index (κ3) is 5.84. The fourth-order valence-electron chi connectivity index (χ4n) is 6.19. The number of aliphatic carboxylic acids is 1. The number of methoxy groups -OCH3 is 1. The lowest BCUT2D eigenvalue weighted by Crippen LogP contribution is -2.16. The summed E-state index contributed by atoms with van der Waals surface area (Å²) in [6, 6.07) is 23.1. The number of carbonyl (C=O) groups is 1. The molecule has 5 rings (SSSR count). The van der Waals surface area contributed by atoms with E-state index in [1.165, 1.54) is 36.0 Å². The molecule has 2 aliphatic carbocycles. The molecule has 194 valence electrons. The molecule has 2 atom stereocenters. The van der Waals surface area contributed by atoms with Gasteiger partial charge < -0.3 is 14.6 Å². The van der Waals surface area contributed by atoms with E-state index in [2.05, 4.69) is 50.2 Å². The molecule has 1 N–H and O–H groups in total. The molecule has 0 heterocycles. The zero-order valence-electron chi connectivity index (χ0n) is 22.2. The minimum atomic E-state index is -0.735. The van der Waals surface area contributed by atoms with Crippen LogP contribution in [0.5, 0.6) is 11.5 Å². The van der Waals surface area contributed by atoms with E-state index in [0.29, 0.717) is 18.4 Å². The number of carboxylic acids is 1. The van der Waals surface area contributed by atoms with Gasteiger partial charge in [0.05, 0.1) is 13.5 Å². The molecule has 0 bridgehead atoms. The molecule has 0 amide bonds. The fraction of sp³-hybridized carbons (Fsp3) is 0.424. The average molecular weight is 499 g/mol. The molecule has 4 nitrogen and oxygen atoms in total. The van der Waals surface area contributed by atoms with Crippen molar-refractivity contribution < 1.29 is 19.4 Å². The van der Waals surface area contributed by atoms with E-state index >= 15 is 0 Å². The van der Waals surface area contributed by atoms with E-state index in [1.54, 1.807) is 7.11 Å².